The van der Waals surface area contributed by atoms with Gasteiger partial charge in [-0.15, -0.1) is 34.0 Å². The number of nitrogens with two attached hydrogens (primary N) is 1. The molecule has 3 aliphatic heterocycles. The first kappa shape index (κ1) is 95.2. The number of cyclic esters (lactones) is 3. The van der Waals surface area contributed by atoms with E-state index in [1.165, 1.54) is 55.3 Å². The van der Waals surface area contributed by atoms with E-state index in [0.29, 0.717) is 88.7 Å². The summed E-state index contributed by atoms with van der Waals surface area (Å²) in [5, 5.41) is 26.1. The monoisotopic (exact) mass is 1940 g/mol. The molecule has 0 bridgehead atoms. The second kappa shape index (κ2) is 45.9. The van der Waals surface area contributed by atoms with Crippen LogP contribution in [0.15, 0.2) is 235 Å². The summed E-state index contributed by atoms with van der Waals surface area (Å²) in [5.41, 5.74) is 12.9. The van der Waals surface area contributed by atoms with E-state index in [0.717, 1.165) is 11.1 Å². The van der Waals surface area contributed by atoms with E-state index < -0.39 is 65.6 Å². The van der Waals surface area contributed by atoms with Gasteiger partial charge < -0.3 is 68.6 Å². The van der Waals surface area contributed by atoms with Crippen LogP contribution in [-0.2, 0) is 47.7 Å². The first-order chi connectivity index (χ1) is 57.5. The second-order valence-corrected chi connectivity index (χ2v) is 28.8. The Morgan fingerprint density at radius 2 is 0.785 bits per heavy atom. The quantitative estimate of drug-likeness (QED) is 0.00848. The van der Waals surface area contributed by atoms with Gasteiger partial charge in [-0.3, -0.25) is 14.9 Å². The molecule has 0 aliphatic carbocycles. The van der Waals surface area contributed by atoms with Crippen LogP contribution in [0.1, 0.15) is 124 Å². The number of benzene rings is 6. The molecule has 0 atom stereocenters. The number of amides is 2. The van der Waals surface area contributed by atoms with Gasteiger partial charge in [0.25, 0.3) is 0 Å². The molecule has 9 aromatic rings. The predicted octanol–water partition coefficient (Wildman–Crippen LogP) is 19.0. The first-order valence-corrected chi connectivity index (χ1v) is 44.1. The summed E-state index contributed by atoms with van der Waals surface area (Å²) < 4.78 is 85.2. The summed E-state index contributed by atoms with van der Waals surface area (Å²) in [7, 11) is 4.38. The SMILES string of the molecule is CC(C)=CCC(=O)O.COc1cc(/C=C2/N=C(c3ccc(N)cc3)OC2=O)ccc1OC(=O)c1cccs1.COc1cc(/C=C2/N=C(c3ccc(NC(=O)CC=C(C)C)cc3)OC2=O)ccc1OC(=O)c1cccs1.COc1cc(/C=C2/N=C(c3ccc(NC(=O)OC(C)(C)C)cc3)OC2=O)ccc1OC(=O)c1cccs1.II.O=C(O)C(F)(F)F. The lowest BCUT2D eigenvalue weighted by atomic mass is 10.1. The molecule has 2 amide bonds. The number of nitrogens with one attached hydrogen (secondary N) is 2. The topological polar surface area (TPSA) is 391 Å². The highest BCUT2D eigenvalue weighted by Crippen LogP contribution is 2.35. The predicted molar refractivity (Wildman–Crippen MR) is 468 cm³/mol. The number of aliphatic imine (C=N–C) groups is 3. The maximum atomic E-state index is 12.4. The van der Waals surface area contributed by atoms with Gasteiger partial charge in [-0.2, -0.15) is 13.2 Å². The third-order valence-corrected chi connectivity index (χ3v) is 17.6. The number of ether oxygens (including phenoxy) is 10. The lowest BCUT2D eigenvalue weighted by molar-refractivity contribution is -0.192. The average Bonchev–Trinajstić information content (AvgIpc) is 1.78. The summed E-state index contributed by atoms with van der Waals surface area (Å²) in [6.45, 7) is 13.0. The Balaban J connectivity index is 0.000000228. The Morgan fingerprint density at radius 3 is 1.06 bits per heavy atom. The van der Waals surface area contributed by atoms with Crippen LogP contribution in [0.5, 0.6) is 34.5 Å². The van der Waals surface area contributed by atoms with Gasteiger partial charge in [0.2, 0.25) is 23.6 Å². The molecular weight excluding hydrogens is 1860 g/mol. The van der Waals surface area contributed by atoms with E-state index >= 15 is 0 Å². The molecule has 0 saturated carbocycles. The van der Waals surface area contributed by atoms with E-state index in [1.54, 1.807) is 225 Å². The van der Waals surface area contributed by atoms with E-state index in [9.17, 15) is 56.3 Å². The van der Waals surface area contributed by atoms with Gasteiger partial charge in [0.05, 0.1) is 27.8 Å². The number of carbonyl (C=O) groups is 10. The minimum absolute atomic E-state index is 0.0938. The molecule has 12 rings (SSSR count). The highest BCUT2D eigenvalue weighted by molar-refractivity contribution is 15.0. The highest BCUT2D eigenvalue weighted by atomic mass is 128. The maximum Gasteiger partial charge on any atom is 0.490 e. The third-order valence-electron chi connectivity index (χ3n) is 15.1. The van der Waals surface area contributed by atoms with Crippen molar-refractivity contribution in [2.75, 3.05) is 37.7 Å². The fourth-order valence-corrected chi connectivity index (χ4v) is 11.3. The van der Waals surface area contributed by atoms with Crippen molar-refractivity contribution in [2.24, 2.45) is 15.0 Å². The molecule has 3 aliphatic rings. The van der Waals surface area contributed by atoms with Gasteiger partial charge in [-0.25, -0.2) is 53.3 Å². The zero-order valence-electron chi connectivity index (χ0n) is 65.7. The Kier molecular flexibility index (Phi) is 36.1. The smallest absolute Gasteiger partial charge is 0.490 e. The fraction of sp³-hybridized carbons (Fsp3) is 0.165. The van der Waals surface area contributed by atoms with Gasteiger partial charge in [0.15, 0.2) is 51.6 Å². The minimum atomic E-state index is -5.08. The summed E-state index contributed by atoms with van der Waals surface area (Å²) in [5.74, 6) is -4.56. The van der Waals surface area contributed by atoms with Crippen LogP contribution in [-0.4, -0.2) is 121 Å². The number of thiophene rings is 3. The summed E-state index contributed by atoms with van der Waals surface area (Å²) in [4.78, 5) is 131. The lowest BCUT2D eigenvalue weighted by Crippen LogP contribution is -2.27. The number of esters is 6. The van der Waals surface area contributed by atoms with Crippen LogP contribution >= 0.6 is 71.2 Å². The van der Waals surface area contributed by atoms with Crippen LogP contribution in [0.3, 0.4) is 0 Å². The molecule has 0 unspecified atom stereocenters. The standard InChI is InChI=1S/C28H24N2O6S.C27H24N2O7S.C22H16N2O5S.C6H10O2.C2HF3O2.I2/c1-17(2)6-13-25(31)29-20-10-8-19(9-11-20)26-30-21(27(32)36-26)15-18-7-12-22(23(16-18)34-3)35-28(33)24-5-4-14-37-24;1-27(2,3)36-26(32)28-18-10-8-17(9-11-18)23-29-19(24(30)35-23)14-16-7-12-20(21(15-16)33-4)34-25(31)22-6-5-13-37-22;1-27-18-12-13(4-9-17(18)28-22(26)19-3-2-10-30-19)11-16-21(25)29-20(24-16)14-5-7-15(23)8-6-14;1-5(2)3-4-6(7)8;3-2(4,5)1(6)7;1-2/h4-12,14-16H,13H2,1-3H3,(H,29,31);5-15H,1-4H3,(H,28,32);2-12H,23H2,1H3;3H,4H2,1-2H3,(H,7,8);(H,6,7);/b21-15+;19-14+;16-11+;;;. The number of aliphatic carboxylic acids is 2. The number of halogens is 5. The summed E-state index contributed by atoms with van der Waals surface area (Å²) in [6.07, 6.45) is 2.99. The number of hydrogen-bond donors (Lipinski definition) is 5. The van der Waals surface area contributed by atoms with Crippen LogP contribution in [0.2, 0.25) is 0 Å². The number of carboxylic acids is 2. The molecule has 36 heteroatoms. The van der Waals surface area contributed by atoms with Gasteiger partial charge in [-0.05, 0) is 227 Å². The average molecular weight is 1940 g/mol. The van der Waals surface area contributed by atoms with E-state index in [1.807, 2.05) is 33.8 Å². The van der Waals surface area contributed by atoms with Crippen LogP contribution in [0, 0.1) is 0 Å². The van der Waals surface area contributed by atoms with E-state index in [-0.39, 0.29) is 64.4 Å². The molecule has 121 heavy (non-hydrogen) atoms. The Morgan fingerprint density at radius 1 is 0.471 bits per heavy atom. The summed E-state index contributed by atoms with van der Waals surface area (Å²) in [6, 6.07) is 45.4. The molecule has 0 radical (unpaired) electrons. The van der Waals surface area contributed by atoms with Crippen molar-refractivity contribution < 1.29 is 119 Å². The maximum absolute atomic E-state index is 12.4. The number of carboxylic acid groups (broad SMARTS) is 2. The Bertz CT molecular complexity index is 5500. The summed E-state index contributed by atoms with van der Waals surface area (Å²) >= 11 is 8.09. The second-order valence-electron chi connectivity index (χ2n) is 26.0. The first-order valence-electron chi connectivity index (χ1n) is 35.2. The van der Waals surface area contributed by atoms with Gasteiger partial charge in [0, 0.05) is 77.4 Å². The van der Waals surface area contributed by atoms with Crippen molar-refractivity contribution >= 4 is 184 Å². The molecule has 3 aromatic heterocycles. The zero-order chi connectivity index (χ0) is 88.7. The van der Waals surface area contributed by atoms with Crippen molar-refractivity contribution in [3.05, 3.63) is 268 Å². The number of nitrogen functional groups attached to an aromatic ring is 1. The Labute approximate surface area is 725 Å². The molecular formula is C85H75F3I2N6O22S3. The van der Waals surface area contributed by atoms with Crippen molar-refractivity contribution in [2.45, 2.75) is 73.1 Å². The van der Waals surface area contributed by atoms with Crippen molar-refractivity contribution in [3.8, 4) is 34.5 Å². The van der Waals surface area contributed by atoms with Crippen molar-refractivity contribution in [1.82, 2.24) is 0 Å². The normalized spacial score (nSPS) is 13.3. The number of allylic oxidation sites excluding steroid dienone is 2. The molecule has 28 nitrogen and oxygen atoms in total. The molecule has 0 saturated heterocycles. The number of carbonyl (C=O) groups excluding carboxylic acids is 8. The Hall–Kier alpha value is -12.9. The van der Waals surface area contributed by atoms with E-state index in [2.05, 4.69) is 62.8 Å². The van der Waals surface area contributed by atoms with Gasteiger partial charge in [0.1, 0.15) is 20.2 Å². The lowest BCUT2D eigenvalue weighted by Gasteiger charge is -2.19. The highest BCUT2D eigenvalue weighted by Gasteiger charge is 2.38. The molecule has 6 aromatic carbocycles. The largest absolute Gasteiger partial charge is 0.493 e. The van der Waals surface area contributed by atoms with Crippen molar-refractivity contribution in [1.29, 1.82) is 0 Å². The third kappa shape index (κ3) is 30.8. The number of methoxy groups -OCH3 is 3. The molecule has 6 N–H and O–H groups in total. The van der Waals surface area contributed by atoms with Crippen LogP contribution in [0.4, 0.5) is 35.0 Å². The van der Waals surface area contributed by atoms with Crippen LogP contribution < -0.4 is 44.8 Å². The van der Waals surface area contributed by atoms with E-state index in [4.69, 9.17) is 68.1 Å². The number of hydrogen-bond acceptors (Lipinski definition) is 27. The van der Waals surface area contributed by atoms with Crippen molar-refractivity contribution in [3.63, 3.8) is 0 Å². The zero-order valence-corrected chi connectivity index (χ0v) is 72.5. The number of alkyl halides is 3. The number of rotatable bonds is 21. The van der Waals surface area contributed by atoms with Gasteiger partial charge >= 0.3 is 60.0 Å². The molecule has 0 spiro atoms. The molecule has 630 valence electrons. The number of nitrogens with zero attached hydrogens (tertiary/aromatic N) is 3. The number of anilines is 3. The fourth-order valence-electron chi connectivity index (χ4n) is 9.52. The van der Waals surface area contributed by atoms with Crippen LogP contribution in [0.25, 0.3) is 18.2 Å². The van der Waals surface area contributed by atoms with Gasteiger partial charge in [-0.1, -0.05) is 59.7 Å². The minimum Gasteiger partial charge on any atom is -0.493 e. The molecule has 0 fully saturated rings. The molecule has 6 heterocycles.